The maximum absolute atomic E-state index is 5.42. The van der Waals surface area contributed by atoms with E-state index in [1.807, 2.05) is 7.11 Å². The average molecular weight is 240 g/mol. The molecule has 3 nitrogen and oxygen atoms in total. The van der Waals surface area contributed by atoms with Gasteiger partial charge in [0.1, 0.15) is 0 Å². The Kier molecular flexibility index (Phi) is 4.32. The van der Waals surface area contributed by atoms with Crippen molar-refractivity contribution in [3.63, 3.8) is 0 Å². The number of thiazole rings is 1. The number of methoxy groups -OCH3 is 1. The Labute approximate surface area is 101 Å². The van der Waals surface area contributed by atoms with E-state index < -0.39 is 0 Å². The lowest BCUT2D eigenvalue weighted by molar-refractivity contribution is 0.0586. The normalized spacial score (nSPS) is 25.9. The van der Waals surface area contributed by atoms with Crippen molar-refractivity contribution in [3.8, 4) is 0 Å². The van der Waals surface area contributed by atoms with Gasteiger partial charge < -0.3 is 10.1 Å². The van der Waals surface area contributed by atoms with Crippen LogP contribution in [0.4, 0.5) is 0 Å². The van der Waals surface area contributed by atoms with Crippen molar-refractivity contribution in [2.75, 3.05) is 7.11 Å². The van der Waals surface area contributed by atoms with Crippen molar-refractivity contribution in [3.05, 3.63) is 16.1 Å². The molecule has 0 saturated heterocycles. The second kappa shape index (κ2) is 5.75. The molecule has 1 aromatic rings. The largest absolute Gasteiger partial charge is 0.381 e. The van der Waals surface area contributed by atoms with E-state index in [1.54, 1.807) is 11.3 Å². The smallest absolute Gasteiger partial charge is 0.0897 e. The van der Waals surface area contributed by atoms with Crippen molar-refractivity contribution in [1.29, 1.82) is 0 Å². The minimum absolute atomic E-state index is 0.448. The molecule has 2 unspecified atom stereocenters. The standard InChI is InChI=1S/C12H20N2OS/c1-9-14-11(8-16-9)7-13-10-4-3-5-12(6-10)15-2/h8,10,12-13H,3-7H2,1-2H3. The van der Waals surface area contributed by atoms with Gasteiger partial charge in [-0.1, -0.05) is 0 Å². The number of aryl methyl sites for hydroxylation is 1. The van der Waals surface area contributed by atoms with Gasteiger partial charge in [-0.05, 0) is 32.6 Å². The van der Waals surface area contributed by atoms with Crippen molar-refractivity contribution in [2.45, 2.75) is 51.3 Å². The SMILES string of the molecule is COC1CCCC(NCc2csc(C)n2)C1. The molecule has 1 aromatic heterocycles. The number of ether oxygens (including phenoxy) is 1. The first kappa shape index (κ1) is 12.0. The van der Waals surface area contributed by atoms with Gasteiger partial charge in [-0.15, -0.1) is 11.3 Å². The summed E-state index contributed by atoms with van der Waals surface area (Å²) in [5, 5.41) is 6.87. The molecule has 2 rings (SSSR count). The van der Waals surface area contributed by atoms with Crippen LogP contribution >= 0.6 is 11.3 Å². The van der Waals surface area contributed by atoms with Gasteiger partial charge in [-0.2, -0.15) is 0 Å². The quantitative estimate of drug-likeness (QED) is 0.878. The highest BCUT2D eigenvalue weighted by molar-refractivity contribution is 7.09. The lowest BCUT2D eigenvalue weighted by Gasteiger charge is -2.28. The van der Waals surface area contributed by atoms with Crippen LogP contribution in [0.5, 0.6) is 0 Å². The summed E-state index contributed by atoms with van der Waals surface area (Å²) in [5.74, 6) is 0. The van der Waals surface area contributed by atoms with E-state index >= 15 is 0 Å². The summed E-state index contributed by atoms with van der Waals surface area (Å²) in [6.07, 6.45) is 5.34. The molecule has 1 N–H and O–H groups in total. The summed E-state index contributed by atoms with van der Waals surface area (Å²) in [6, 6.07) is 0.598. The van der Waals surface area contributed by atoms with Crippen LogP contribution in [0.1, 0.15) is 36.4 Å². The van der Waals surface area contributed by atoms with Crippen molar-refractivity contribution >= 4 is 11.3 Å². The maximum atomic E-state index is 5.42. The van der Waals surface area contributed by atoms with Gasteiger partial charge in [-0.3, -0.25) is 0 Å². The Morgan fingerprint density at radius 2 is 2.44 bits per heavy atom. The number of nitrogens with zero attached hydrogens (tertiary/aromatic N) is 1. The predicted octanol–water partition coefficient (Wildman–Crippen LogP) is 2.50. The summed E-state index contributed by atoms with van der Waals surface area (Å²) in [4.78, 5) is 4.46. The van der Waals surface area contributed by atoms with Gasteiger partial charge in [0.25, 0.3) is 0 Å². The Balaban J connectivity index is 1.77. The second-order valence-corrected chi connectivity index (χ2v) is 5.52. The molecule has 0 aromatic carbocycles. The third-order valence-corrected chi connectivity index (χ3v) is 4.02. The number of hydrogen-bond donors (Lipinski definition) is 1. The molecule has 0 spiro atoms. The van der Waals surface area contributed by atoms with Crippen LogP contribution in [0.25, 0.3) is 0 Å². The van der Waals surface area contributed by atoms with Crippen molar-refractivity contribution in [2.24, 2.45) is 0 Å². The monoisotopic (exact) mass is 240 g/mol. The lowest BCUT2D eigenvalue weighted by Crippen LogP contribution is -2.36. The van der Waals surface area contributed by atoms with Crippen LogP contribution in [0.3, 0.4) is 0 Å². The molecule has 1 heterocycles. The minimum Gasteiger partial charge on any atom is -0.381 e. The Hall–Kier alpha value is -0.450. The van der Waals surface area contributed by atoms with Crippen molar-refractivity contribution in [1.82, 2.24) is 10.3 Å². The van der Waals surface area contributed by atoms with Gasteiger partial charge in [0, 0.05) is 25.1 Å². The highest BCUT2D eigenvalue weighted by Gasteiger charge is 2.21. The summed E-state index contributed by atoms with van der Waals surface area (Å²) in [5.41, 5.74) is 1.17. The molecule has 4 heteroatoms. The van der Waals surface area contributed by atoms with E-state index in [4.69, 9.17) is 4.74 Å². The van der Waals surface area contributed by atoms with Crippen LogP contribution in [0.15, 0.2) is 5.38 Å². The van der Waals surface area contributed by atoms with E-state index in [-0.39, 0.29) is 0 Å². The highest BCUT2D eigenvalue weighted by Crippen LogP contribution is 2.21. The molecule has 0 amide bonds. The fourth-order valence-electron chi connectivity index (χ4n) is 2.28. The van der Waals surface area contributed by atoms with Gasteiger partial charge in [0.15, 0.2) is 0 Å². The zero-order valence-electron chi connectivity index (χ0n) is 10.0. The van der Waals surface area contributed by atoms with Gasteiger partial charge in [0.2, 0.25) is 0 Å². The second-order valence-electron chi connectivity index (χ2n) is 4.46. The number of nitrogens with one attached hydrogen (secondary N) is 1. The maximum Gasteiger partial charge on any atom is 0.0897 e. The van der Waals surface area contributed by atoms with E-state index in [9.17, 15) is 0 Å². The van der Waals surface area contributed by atoms with Gasteiger partial charge >= 0.3 is 0 Å². The number of rotatable bonds is 4. The van der Waals surface area contributed by atoms with Crippen LogP contribution in [0, 0.1) is 6.92 Å². The molecule has 16 heavy (non-hydrogen) atoms. The topological polar surface area (TPSA) is 34.1 Å². The van der Waals surface area contributed by atoms with E-state index in [2.05, 4.69) is 22.6 Å². The third-order valence-electron chi connectivity index (χ3n) is 3.20. The molecular formula is C12H20N2OS. The Morgan fingerprint density at radius 1 is 1.56 bits per heavy atom. The number of aromatic nitrogens is 1. The molecule has 0 radical (unpaired) electrons. The van der Waals surface area contributed by atoms with E-state index in [0.717, 1.165) is 18.0 Å². The molecule has 1 aliphatic carbocycles. The van der Waals surface area contributed by atoms with Crippen LogP contribution in [-0.4, -0.2) is 24.2 Å². The molecule has 90 valence electrons. The van der Waals surface area contributed by atoms with Crippen LogP contribution < -0.4 is 5.32 Å². The molecule has 0 bridgehead atoms. The summed E-state index contributed by atoms with van der Waals surface area (Å²) in [6.45, 7) is 2.95. The fourth-order valence-corrected chi connectivity index (χ4v) is 2.90. The molecular weight excluding hydrogens is 220 g/mol. The summed E-state index contributed by atoms with van der Waals surface area (Å²) in [7, 11) is 1.82. The zero-order valence-corrected chi connectivity index (χ0v) is 10.8. The Bertz CT molecular complexity index is 327. The third kappa shape index (κ3) is 3.27. The first-order valence-corrected chi connectivity index (χ1v) is 6.83. The molecule has 0 aliphatic heterocycles. The highest BCUT2D eigenvalue weighted by atomic mass is 32.1. The Morgan fingerprint density at radius 3 is 3.12 bits per heavy atom. The molecule has 2 atom stereocenters. The lowest BCUT2D eigenvalue weighted by atomic mass is 9.93. The van der Waals surface area contributed by atoms with Crippen molar-refractivity contribution < 1.29 is 4.74 Å². The summed E-state index contributed by atoms with van der Waals surface area (Å²) >= 11 is 1.72. The average Bonchev–Trinajstić information content (AvgIpc) is 2.73. The van der Waals surface area contributed by atoms with Crippen LogP contribution in [0.2, 0.25) is 0 Å². The summed E-state index contributed by atoms with van der Waals surface area (Å²) < 4.78 is 5.42. The van der Waals surface area contributed by atoms with Gasteiger partial charge in [0.05, 0.1) is 16.8 Å². The molecule has 1 fully saturated rings. The number of hydrogen-bond acceptors (Lipinski definition) is 4. The van der Waals surface area contributed by atoms with E-state index in [1.165, 1.54) is 25.0 Å². The van der Waals surface area contributed by atoms with E-state index in [0.29, 0.717) is 12.1 Å². The predicted molar refractivity (Wildman–Crippen MR) is 66.7 cm³/mol. The first-order chi connectivity index (χ1) is 7.78. The fraction of sp³-hybridized carbons (Fsp3) is 0.750. The molecule has 1 saturated carbocycles. The first-order valence-electron chi connectivity index (χ1n) is 5.95. The zero-order chi connectivity index (χ0) is 11.4. The van der Waals surface area contributed by atoms with Crippen LogP contribution in [-0.2, 0) is 11.3 Å². The van der Waals surface area contributed by atoms with Gasteiger partial charge in [-0.25, -0.2) is 4.98 Å². The molecule has 1 aliphatic rings. The minimum atomic E-state index is 0.448.